The number of aliphatic hydroxyl groups excluding tert-OH is 1. The van der Waals surface area contributed by atoms with Crippen LogP contribution in [0.15, 0.2) is 18.2 Å². The van der Waals surface area contributed by atoms with Crippen LogP contribution in [0.5, 0.6) is 5.75 Å². The molecule has 2 atom stereocenters. The first-order chi connectivity index (χ1) is 9.34. The molecule has 1 heterocycles. The van der Waals surface area contributed by atoms with Crippen molar-refractivity contribution in [2.24, 2.45) is 0 Å². The number of nitrogens with one attached hydrogen (secondary N) is 1. The predicted octanol–water partition coefficient (Wildman–Crippen LogP) is 3.12. The summed E-state index contributed by atoms with van der Waals surface area (Å²) in [5.41, 5.74) is 2.48. The van der Waals surface area contributed by atoms with Gasteiger partial charge in [-0.3, -0.25) is 0 Å². The van der Waals surface area contributed by atoms with E-state index in [1.807, 2.05) is 6.07 Å². The number of rotatable bonds is 2. The smallest absolute Gasteiger partial charge is 0.143 e. The van der Waals surface area contributed by atoms with Gasteiger partial charge in [0.2, 0.25) is 0 Å². The van der Waals surface area contributed by atoms with E-state index in [4.69, 9.17) is 4.74 Å². The van der Waals surface area contributed by atoms with Crippen LogP contribution >= 0.6 is 0 Å². The quantitative estimate of drug-likeness (QED) is 0.804. The Morgan fingerprint density at radius 3 is 2.95 bits per heavy atom. The van der Waals surface area contributed by atoms with Gasteiger partial charge in [-0.2, -0.15) is 0 Å². The number of anilines is 1. The molecule has 2 unspecified atom stereocenters. The topological polar surface area (TPSA) is 41.5 Å². The number of hydrogen-bond acceptors (Lipinski definition) is 3. The molecule has 2 N–H and O–H groups in total. The second-order valence-corrected chi connectivity index (χ2v) is 5.68. The van der Waals surface area contributed by atoms with E-state index >= 15 is 0 Å². The summed E-state index contributed by atoms with van der Waals surface area (Å²) in [4.78, 5) is 0. The van der Waals surface area contributed by atoms with Crippen molar-refractivity contribution in [2.75, 3.05) is 11.9 Å². The number of aryl methyl sites for hydroxylation is 1. The molecule has 1 aliphatic carbocycles. The molecule has 3 heteroatoms. The molecule has 1 aliphatic heterocycles. The van der Waals surface area contributed by atoms with Crippen molar-refractivity contribution < 1.29 is 9.84 Å². The highest BCUT2D eigenvalue weighted by molar-refractivity contribution is 5.63. The van der Waals surface area contributed by atoms with Gasteiger partial charge >= 0.3 is 0 Å². The standard InChI is InChI=1S/C16H23NO2/c18-13-8-2-1-3-9-14(13)19-15-10-4-6-12-7-5-11-17-16(12)15/h4,6,10,13-14,17-18H,1-3,5,7-9,11H2. The summed E-state index contributed by atoms with van der Waals surface area (Å²) in [6.45, 7) is 1.01. The lowest BCUT2D eigenvalue weighted by molar-refractivity contribution is 0.0323. The molecule has 104 valence electrons. The molecule has 0 bridgehead atoms. The van der Waals surface area contributed by atoms with Gasteiger partial charge in [0.05, 0.1) is 11.8 Å². The fourth-order valence-corrected chi connectivity index (χ4v) is 3.13. The highest BCUT2D eigenvalue weighted by Crippen LogP contribution is 2.34. The van der Waals surface area contributed by atoms with Gasteiger partial charge in [0.15, 0.2) is 0 Å². The van der Waals surface area contributed by atoms with Gasteiger partial charge in [0, 0.05) is 6.54 Å². The van der Waals surface area contributed by atoms with Gasteiger partial charge in [-0.15, -0.1) is 0 Å². The Kier molecular flexibility index (Phi) is 3.92. The Balaban J connectivity index is 1.78. The zero-order valence-corrected chi connectivity index (χ0v) is 11.4. The van der Waals surface area contributed by atoms with Gasteiger partial charge in [0.1, 0.15) is 11.9 Å². The lowest BCUT2D eigenvalue weighted by atomic mass is 10.0. The molecule has 1 fully saturated rings. The maximum absolute atomic E-state index is 10.2. The van der Waals surface area contributed by atoms with E-state index in [1.165, 1.54) is 18.4 Å². The first-order valence-corrected chi connectivity index (χ1v) is 7.55. The van der Waals surface area contributed by atoms with Gasteiger partial charge in [-0.25, -0.2) is 0 Å². The molecule has 0 aromatic heterocycles. The minimum Gasteiger partial charge on any atom is -0.486 e. The number of benzene rings is 1. The number of aliphatic hydroxyl groups is 1. The second-order valence-electron chi connectivity index (χ2n) is 5.68. The van der Waals surface area contributed by atoms with E-state index in [1.54, 1.807) is 0 Å². The van der Waals surface area contributed by atoms with Crippen LogP contribution in [0.2, 0.25) is 0 Å². The summed E-state index contributed by atoms with van der Waals surface area (Å²) in [5.74, 6) is 0.920. The van der Waals surface area contributed by atoms with Crippen molar-refractivity contribution in [1.82, 2.24) is 0 Å². The average molecular weight is 261 g/mol. The third-order valence-corrected chi connectivity index (χ3v) is 4.23. The molecule has 2 aliphatic rings. The number of hydrogen-bond donors (Lipinski definition) is 2. The van der Waals surface area contributed by atoms with E-state index in [-0.39, 0.29) is 12.2 Å². The molecule has 0 radical (unpaired) electrons. The van der Waals surface area contributed by atoms with E-state index in [9.17, 15) is 5.11 Å². The average Bonchev–Trinajstić information content (AvgIpc) is 2.65. The molecule has 3 nitrogen and oxygen atoms in total. The number of fused-ring (bicyclic) bond motifs is 1. The minimum atomic E-state index is -0.318. The molecule has 1 aromatic rings. The van der Waals surface area contributed by atoms with Crippen molar-refractivity contribution in [1.29, 1.82) is 0 Å². The predicted molar refractivity (Wildman–Crippen MR) is 76.8 cm³/mol. The third-order valence-electron chi connectivity index (χ3n) is 4.23. The van der Waals surface area contributed by atoms with Gasteiger partial charge in [-0.1, -0.05) is 25.0 Å². The minimum absolute atomic E-state index is 0.0438. The van der Waals surface area contributed by atoms with Gasteiger partial charge in [0.25, 0.3) is 0 Å². The third kappa shape index (κ3) is 2.86. The first-order valence-electron chi connectivity index (χ1n) is 7.55. The maximum atomic E-state index is 10.2. The summed E-state index contributed by atoms with van der Waals surface area (Å²) < 4.78 is 6.13. The van der Waals surface area contributed by atoms with Crippen molar-refractivity contribution in [2.45, 2.75) is 57.2 Å². The van der Waals surface area contributed by atoms with Gasteiger partial charge in [-0.05, 0) is 43.7 Å². The zero-order valence-electron chi connectivity index (χ0n) is 11.4. The van der Waals surface area contributed by atoms with E-state index < -0.39 is 0 Å². The molecule has 19 heavy (non-hydrogen) atoms. The normalized spacial score (nSPS) is 27.0. The van der Waals surface area contributed by atoms with Crippen molar-refractivity contribution in [3.05, 3.63) is 23.8 Å². The Hall–Kier alpha value is -1.22. The molecule has 0 saturated heterocycles. The van der Waals surface area contributed by atoms with Crippen LogP contribution in [0, 0.1) is 0 Å². The van der Waals surface area contributed by atoms with E-state index in [2.05, 4.69) is 17.4 Å². The molecular formula is C16H23NO2. The summed E-state index contributed by atoms with van der Waals surface area (Å²) in [6.07, 6.45) is 7.26. The van der Waals surface area contributed by atoms with Crippen LogP contribution in [-0.4, -0.2) is 23.9 Å². The lowest BCUT2D eigenvalue weighted by Crippen LogP contribution is -2.31. The lowest BCUT2D eigenvalue weighted by Gasteiger charge is -2.26. The monoisotopic (exact) mass is 261 g/mol. The Morgan fingerprint density at radius 2 is 2.00 bits per heavy atom. The highest BCUT2D eigenvalue weighted by atomic mass is 16.5. The Morgan fingerprint density at radius 1 is 1.11 bits per heavy atom. The first kappa shape index (κ1) is 12.8. The molecule has 1 aromatic carbocycles. The largest absolute Gasteiger partial charge is 0.486 e. The van der Waals surface area contributed by atoms with Crippen LogP contribution in [0.4, 0.5) is 5.69 Å². The summed E-state index contributed by atoms with van der Waals surface area (Å²) >= 11 is 0. The van der Waals surface area contributed by atoms with E-state index in [0.29, 0.717) is 0 Å². The number of para-hydroxylation sites is 1. The number of ether oxygens (including phenoxy) is 1. The molecular weight excluding hydrogens is 238 g/mol. The van der Waals surface area contributed by atoms with Crippen LogP contribution in [0.1, 0.15) is 44.1 Å². The van der Waals surface area contributed by atoms with Crippen LogP contribution in [0.25, 0.3) is 0 Å². The van der Waals surface area contributed by atoms with Crippen LogP contribution < -0.4 is 10.1 Å². The SMILES string of the molecule is OC1CCCCCC1Oc1cccc2c1NCCC2. The van der Waals surface area contributed by atoms with Crippen molar-refractivity contribution >= 4 is 5.69 Å². The summed E-state index contributed by atoms with van der Waals surface area (Å²) in [6, 6.07) is 6.25. The highest BCUT2D eigenvalue weighted by Gasteiger charge is 2.25. The molecule has 0 spiro atoms. The Bertz CT molecular complexity index is 433. The fraction of sp³-hybridized carbons (Fsp3) is 0.625. The van der Waals surface area contributed by atoms with Crippen LogP contribution in [0.3, 0.4) is 0 Å². The molecule has 3 rings (SSSR count). The summed E-state index contributed by atoms with van der Waals surface area (Å²) in [5, 5.41) is 13.6. The maximum Gasteiger partial charge on any atom is 0.143 e. The molecule has 1 saturated carbocycles. The fourth-order valence-electron chi connectivity index (χ4n) is 3.13. The van der Waals surface area contributed by atoms with E-state index in [0.717, 1.165) is 50.1 Å². The zero-order chi connectivity index (χ0) is 13.1. The van der Waals surface area contributed by atoms with Crippen molar-refractivity contribution in [3.63, 3.8) is 0 Å². The molecule has 0 amide bonds. The van der Waals surface area contributed by atoms with Gasteiger partial charge < -0.3 is 15.2 Å². The van der Waals surface area contributed by atoms with Crippen molar-refractivity contribution in [3.8, 4) is 5.75 Å². The second kappa shape index (κ2) is 5.83. The Labute approximate surface area is 115 Å². The summed E-state index contributed by atoms with van der Waals surface area (Å²) in [7, 11) is 0. The van der Waals surface area contributed by atoms with Crippen LogP contribution in [-0.2, 0) is 6.42 Å².